The average molecular weight is 602 g/mol. The quantitative estimate of drug-likeness (QED) is 0.198. The van der Waals surface area contributed by atoms with Crippen molar-refractivity contribution >= 4 is 17.1 Å². The van der Waals surface area contributed by atoms with Gasteiger partial charge in [-0.1, -0.05) is 114 Å². The van der Waals surface area contributed by atoms with E-state index in [4.69, 9.17) is 0 Å². The van der Waals surface area contributed by atoms with Crippen LogP contribution in [0.25, 0.3) is 22.3 Å². The van der Waals surface area contributed by atoms with Crippen molar-refractivity contribution in [2.45, 2.75) is 96.3 Å². The third-order valence-corrected chi connectivity index (χ3v) is 11.7. The Morgan fingerprint density at radius 3 is 2.02 bits per heavy atom. The fourth-order valence-electron chi connectivity index (χ4n) is 8.86. The molecule has 0 fully saturated rings. The molecule has 0 amide bonds. The summed E-state index contributed by atoms with van der Waals surface area (Å²) < 4.78 is 0. The summed E-state index contributed by atoms with van der Waals surface area (Å²) in [5.74, 6) is 0. The van der Waals surface area contributed by atoms with E-state index in [0.29, 0.717) is 0 Å². The highest BCUT2D eigenvalue weighted by atomic mass is 15.1. The molecule has 0 unspecified atom stereocenters. The molecule has 0 bridgehead atoms. The van der Waals surface area contributed by atoms with Crippen molar-refractivity contribution in [3.05, 3.63) is 137 Å². The van der Waals surface area contributed by atoms with E-state index in [1.165, 1.54) is 105 Å². The van der Waals surface area contributed by atoms with Gasteiger partial charge in [-0.3, -0.25) is 0 Å². The van der Waals surface area contributed by atoms with Crippen LogP contribution in [0.3, 0.4) is 0 Å². The van der Waals surface area contributed by atoms with Crippen LogP contribution in [0.1, 0.15) is 101 Å². The van der Waals surface area contributed by atoms with Crippen molar-refractivity contribution in [3.63, 3.8) is 0 Å². The number of benzene rings is 5. The Hall–Kier alpha value is -4.10. The van der Waals surface area contributed by atoms with Crippen LogP contribution in [0, 0.1) is 0 Å². The van der Waals surface area contributed by atoms with E-state index in [1.807, 2.05) is 0 Å². The first-order valence-electron chi connectivity index (χ1n) is 17.5. The summed E-state index contributed by atoms with van der Waals surface area (Å²) >= 11 is 0. The molecule has 1 nitrogen and oxygen atoms in total. The van der Waals surface area contributed by atoms with Gasteiger partial charge in [-0.2, -0.15) is 0 Å². The van der Waals surface area contributed by atoms with E-state index in [0.717, 1.165) is 6.42 Å². The number of hydrogen-bond acceptors (Lipinski definition) is 1. The lowest BCUT2D eigenvalue weighted by Crippen LogP contribution is -2.33. The second-order valence-corrected chi connectivity index (χ2v) is 15.9. The van der Waals surface area contributed by atoms with E-state index < -0.39 is 0 Å². The number of para-hydroxylation sites is 1. The van der Waals surface area contributed by atoms with Crippen molar-refractivity contribution in [2.75, 3.05) is 4.90 Å². The van der Waals surface area contributed by atoms with Crippen LogP contribution in [-0.4, -0.2) is 0 Å². The molecule has 0 aromatic heterocycles. The number of fused-ring (bicyclic) bond motifs is 5. The fourth-order valence-corrected chi connectivity index (χ4v) is 8.86. The number of hydrogen-bond donors (Lipinski definition) is 0. The zero-order chi connectivity index (χ0) is 31.8. The highest BCUT2D eigenvalue weighted by Crippen LogP contribution is 2.55. The first kappa shape index (κ1) is 29.3. The molecular formula is C45H47N. The van der Waals surface area contributed by atoms with Gasteiger partial charge in [0.1, 0.15) is 0 Å². The van der Waals surface area contributed by atoms with Crippen molar-refractivity contribution in [1.82, 2.24) is 0 Å². The molecule has 0 radical (unpaired) electrons. The van der Waals surface area contributed by atoms with Gasteiger partial charge in [0.25, 0.3) is 0 Å². The Kier molecular flexibility index (Phi) is 6.67. The molecule has 232 valence electrons. The Bertz CT molecular complexity index is 1970. The van der Waals surface area contributed by atoms with Gasteiger partial charge in [-0.15, -0.1) is 0 Å². The minimum atomic E-state index is -0.0838. The lowest BCUT2D eigenvalue weighted by molar-refractivity contribution is 0.332. The molecule has 8 rings (SSSR count). The predicted octanol–water partition coefficient (Wildman–Crippen LogP) is 12.4. The van der Waals surface area contributed by atoms with Crippen LogP contribution < -0.4 is 4.90 Å². The van der Waals surface area contributed by atoms with Crippen LogP contribution in [0.2, 0.25) is 0 Å². The van der Waals surface area contributed by atoms with Gasteiger partial charge in [0.05, 0.1) is 5.69 Å². The maximum Gasteiger partial charge on any atom is 0.0543 e. The van der Waals surface area contributed by atoms with Gasteiger partial charge < -0.3 is 4.90 Å². The molecule has 0 aliphatic heterocycles. The highest BCUT2D eigenvalue weighted by molar-refractivity contribution is 5.95. The maximum absolute atomic E-state index is 2.59. The van der Waals surface area contributed by atoms with E-state index in [1.54, 1.807) is 0 Å². The molecule has 1 heteroatoms. The van der Waals surface area contributed by atoms with Gasteiger partial charge in [0.2, 0.25) is 0 Å². The molecule has 5 aromatic rings. The standard InChI is InChI=1S/C45H47N/c1-43(2)25-26-44(3,4)40-27-31(23-24-38(40)43)35-28-36-34-20-12-13-21-37(34)45(5,6)39(36)29-42(35)46(32-17-8-7-9-18-32)41-22-14-16-30-15-10-11-19-33(30)41/h7-9,12-14,16-18,20-24,27-29H,10-11,15,19,25-26H2,1-6H3. The maximum atomic E-state index is 2.59. The SMILES string of the molecule is CC1(C)CCC(C)(C)c2cc(-c3cc4c(cc3N(c3ccccc3)c3cccc5c3CCCC5)C(C)(C)c3ccccc3-4)ccc21. The van der Waals surface area contributed by atoms with Gasteiger partial charge in [-0.25, -0.2) is 0 Å². The Labute approximate surface area is 276 Å². The average Bonchev–Trinajstić information content (AvgIpc) is 3.29. The van der Waals surface area contributed by atoms with E-state index in [2.05, 4.69) is 150 Å². The molecule has 0 spiro atoms. The van der Waals surface area contributed by atoms with Gasteiger partial charge in [0, 0.05) is 22.4 Å². The summed E-state index contributed by atoms with van der Waals surface area (Å²) in [6.07, 6.45) is 7.26. The molecule has 0 atom stereocenters. The second kappa shape index (κ2) is 10.5. The Morgan fingerprint density at radius 2 is 1.22 bits per heavy atom. The Balaban J connectivity index is 1.45. The monoisotopic (exact) mass is 601 g/mol. The first-order chi connectivity index (χ1) is 22.1. The van der Waals surface area contributed by atoms with Crippen LogP contribution in [0.5, 0.6) is 0 Å². The van der Waals surface area contributed by atoms with Gasteiger partial charge in [0.15, 0.2) is 0 Å². The van der Waals surface area contributed by atoms with E-state index in [-0.39, 0.29) is 16.2 Å². The summed E-state index contributed by atoms with van der Waals surface area (Å²) in [6, 6.07) is 39.7. The van der Waals surface area contributed by atoms with Crippen LogP contribution in [-0.2, 0) is 29.1 Å². The molecule has 0 heterocycles. The number of aryl methyl sites for hydroxylation is 1. The summed E-state index contributed by atoms with van der Waals surface area (Å²) in [7, 11) is 0. The Morgan fingerprint density at radius 1 is 0.500 bits per heavy atom. The highest BCUT2D eigenvalue weighted by Gasteiger charge is 2.39. The van der Waals surface area contributed by atoms with E-state index in [9.17, 15) is 0 Å². The van der Waals surface area contributed by atoms with Crippen LogP contribution in [0.4, 0.5) is 17.1 Å². The number of nitrogens with zero attached hydrogens (tertiary/aromatic N) is 1. The normalized spacial score (nSPS) is 18.2. The third-order valence-electron chi connectivity index (χ3n) is 11.7. The number of anilines is 3. The lowest BCUT2D eigenvalue weighted by Gasteiger charge is -2.42. The molecule has 3 aliphatic carbocycles. The molecular weight excluding hydrogens is 555 g/mol. The summed E-state index contributed by atoms with van der Waals surface area (Å²) in [6.45, 7) is 14.6. The summed E-state index contributed by atoms with van der Waals surface area (Å²) in [5.41, 5.74) is 18.3. The minimum absolute atomic E-state index is 0.0838. The van der Waals surface area contributed by atoms with Crippen molar-refractivity contribution < 1.29 is 0 Å². The largest absolute Gasteiger partial charge is 0.310 e. The fraction of sp³-hybridized carbons (Fsp3) is 0.333. The molecule has 3 aliphatic rings. The predicted molar refractivity (Wildman–Crippen MR) is 196 cm³/mol. The van der Waals surface area contributed by atoms with Crippen molar-refractivity contribution in [2.24, 2.45) is 0 Å². The van der Waals surface area contributed by atoms with Crippen LogP contribution in [0.15, 0.2) is 103 Å². The van der Waals surface area contributed by atoms with E-state index >= 15 is 0 Å². The summed E-state index contributed by atoms with van der Waals surface area (Å²) in [5, 5.41) is 0. The van der Waals surface area contributed by atoms with Crippen molar-refractivity contribution in [3.8, 4) is 22.3 Å². The first-order valence-corrected chi connectivity index (χ1v) is 17.5. The second-order valence-electron chi connectivity index (χ2n) is 15.9. The zero-order valence-corrected chi connectivity index (χ0v) is 28.5. The molecule has 0 N–H and O–H groups in total. The topological polar surface area (TPSA) is 3.24 Å². The van der Waals surface area contributed by atoms with Gasteiger partial charge in [-0.05, 0) is 130 Å². The van der Waals surface area contributed by atoms with Gasteiger partial charge >= 0.3 is 0 Å². The molecule has 0 saturated heterocycles. The minimum Gasteiger partial charge on any atom is -0.310 e. The zero-order valence-electron chi connectivity index (χ0n) is 28.5. The molecule has 5 aromatic carbocycles. The van der Waals surface area contributed by atoms with Crippen LogP contribution >= 0.6 is 0 Å². The molecule has 46 heavy (non-hydrogen) atoms. The smallest absolute Gasteiger partial charge is 0.0543 e. The lowest BCUT2D eigenvalue weighted by atomic mass is 9.63. The number of rotatable bonds is 4. The molecule has 0 saturated carbocycles. The van der Waals surface area contributed by atoms with Crippen molar-refractivity contribution in [1.29, 1.82) is 0 Å². The third kappa shape index (κ3) is 4.49. The summed E-state index contributed by atoms with van der Waals surface area (Å²) in [4.78, 5) is 2.59.